The van der Waals surface area contributed by atoms with Gasteiger partial charge in [0.15, 0.2) is 0 Å². The molecule has 0 spiro atoms. The zero-order valence-electron chi connectivity index (χ0n) is 24.1. The molecule has 0 heterocycles. The maximum atomic E-state index is 11.5. The van der Waals surface area contributed by atoms with Gasteiger partial charge >= 0.3 is 0 Å². The molecular formula is C34H54O2. The van der Waals surface area contributed by atoms with Crippen LogP contribution in [-0.4, -0.2) is 10.2 Å². The van der Waals surface area contributed by atoms with E-state index in [1.54, 1.807) is 0 Å². The van der Waals surface area contributed by atoms with Crippen molar-refractivity contribution in [3.63, 3.8) is 0 Å². The summed E-state index contributed by atoms with van der Waals surface area (Å²) in [4.78, 5) is 0. The van der Waals surface area contributed by atoms with Crippen LogP contribution in [0.3, 0.4) is 0 Å². The molecule has 0 aliphatic heterocycles. The molecule has 0 bridgehead atoms. The minimum Gasteiger partial charge on any atom is -0.507 e. The molecule has 202 valence electrons. The molecule has 2 rings (SSSR count). The summed E-state index contributed by atoms with van der Waals surface area (Å²) in [6.07, 6.45) is 17.9. The second-order valence-electron chi connectivity index (χ2n) is 10.8. The van der Waals surface area contributed by atoms with Gasteiger partial charge in [0, 0.05) is 17.0 Å². The molecule has 0 saturated heterocycles. The predicted octanol–water partition coefficient (Wildman–Crippen LogP) is 10.2. The van der Waals surface area contributed by atoms with E-state index < -0.39 is 0 Å². The highest BCUT2D eigenvalue weighted by molar-refractivity contribution is 5.54. The van der Waals surface area contributed by atoms with E-state index >= 15 is 0 Å². The van der Waals surface area contributed by atoms with Crippen molar-refractivity contribution >= 4 is 0 Å². The quantitative estimate of drug-likeness (QED) is 0.202. The summed E-state index contributed by atoms with van der Waals surface area (Å²) in [5.41, 5.74) is 6.83. The lowest BCUT2D eigenvalue weighted by atomic mass is 9.81. The van der Waals surface area contributed by atoms with E-state index in [1.165, 1.54) is 49.7 Å². The molecule has 2 N–H and O–H groups in total. The van der Waals surface area contributed by atoms with E-state index in [2.05, 4.69) is 58.9 Å². The average molecular weight is 495 g/mol. The summed E-state index contributed by atoms with van der Waals surface area (Å²) in [6.45, 7) is 11.1. The van der Waals surface area contributed by atoms with E-state index in [0.29, 0.717) is 11.5 Å². The van der Waals surface area contributed by atoms with Gasteiger partial charge in [0.1, 0.15) is 11.5 Å². The Bertz CT molecular complexity index is 833. The van der Waals surface area contributed by atoms with E-state index in [1.807, 2.05) is 0 Å². The number of rotatable bonds is 18. The van der Waals surface area contributed by atoms with Gasteiger partial charge in [-0.2, -0.15) is 0 Å². The molecule has 2 aromatic carbocycles. The maximum Gasteiger partial charge on any atom is 0.122 e. The monoisotopic (exact) mass is 494 g/mol. The molecule has 0 aliphatic rings. The molecule has 2 aromatic rings. The lowest BCUT2D eigenvalue weighted by molar-refractivity contribution is 0.439. The Labute approximate surface area is 222 Å². The maximum absolute atomic E-state index is 11.5. The van der Waals surface area contributed by atoms with Crippen molar-refractivity contribution in [1.82, 2.24) is 0 Å². The molecule has 0 radical (unpaired) electrons. The number of aryl methyl sites for hydroxylation is 4. The Kier molecular flexibility index (Phi) is 14.1. The number of phenols is 2. The van der Waals surface area contributed by atoms with Gasteiger partial charge in [-0.25, -0.2) is 0 Å². The third kappa shape index (κ3) is 8.86. The first kappa shape index (κ1) is 30.3. The number of benzene rings is 2. The van der Waals surface area contributed by atoms with Crippen molar-refractivity contribution in [2.75, 3.05) is 0 Å². The second kappa shape index (κ2) is 16.7. The van der Waals surface area contributed by atoms with Crippen LogP contribution >= 0.6 is 0 Å². The molecule has 36 heavy (non-hydrogen) atoms. The van der Waals surface area contributed by atoms with Crippen LogP contribution in [0.15, 0.2) is 24.3 Å². The second-order valence-corrected chi connectivity index (χ2v) is 10.8. The summed E-state index contributed by atoms with van der Waals surface area (Å²) >= 11 is 0. The molecule has 0 atom stereocenters. The minimum atomic E-state index is 0.0282. The standard InChI is InChI=1S/C34H54O2/c1-6-11-12-13-14-15-16-21-30(31-24-26(17-7-2)22-28(19-9-4)33(31)35)32-25-27(18-8-3)23-29(20-10-5)34(32)36/h22-25,30,35-36H,6-21H2,1-5H3. The van der Waals surface area contributed by atoms with E-state index in [4.69, 9.17) is 0 Å². The summed E-state index contributed by atoms with van der Waals surface area (Å²) in [7, 11) is 0. The van der Waals surface area contributed by atoms with Crippen molar-refractivity contribution in [3.05, 3.63) is 57.6 Å². The first-order chi connectivity index (χ1) is 17.5. The molecule has 0 amide bonds. The molecule has 0 aliphatic carbocycles. The molecule has 2 nitrogen and oxygen atoms in total. The molecule has 0 saturated carbocycles. The average Bonchev–Trinajstić information content (AvgIpc) is 2.86. The number of hydrogen-bond donors (Lipinski definition) is 2. The van der Waals surface area contributed by atoms with E-state index in [9.17, 15) is 10.2 Å². The number of hydrogen-bond acceptors (Lipinski definition) is 2. The highest BCUT2D eigenvalue weighted by atomic mass is 16.3. The largest absolute Gasteiger partial charge is 0.507 e. The molecule has 0 fully saturated rings. The smallest absolute Gasteiger partial charge is 0.122 e. The van der Waals surface area contributed by atoms with Crippen LogP contribution < -0.4 is 0 Å². The molecular weight excluding hydrogens is 440 g/mol. The van der Waals surface area contributed by atoms with Gasteiger partial charge in [0.25, 0.3) is 0 Å². The van der Waals surface area contributed by atoms with Crippen molar-refractivity contribution in [2.24, 2.45) is 0 Å². The van der Waals surface area contributed by atoms with Crippen LogP contribution in [0, 0.1) is 0 Å². The van der Waals surface area contributed by atoms with Gasteiger partial charge in [-0.1, -0.05) is 130 Å². The van der Waals surface area contributed by atoms with Gasteiger partial charge in [-0.3, -0.25) is 0 Å². The van der Waals surface area contributed by atoms with Crippen LogP contribution in [0.1, 0.15) is 151 Å². The van der Waals surface area contributed by atoms with Crippen LogP contribution in [0.5, 0.6) is 11.5 Å². The van der Waals surface area contributed by atoms with Crippen molar-refractivity contribution in [2.45, 2.75) is 143 Å². The Morgan fingerprint density at radius 1 is 0.500 bits per heavy atom. The zero-order chi connectivity index (χ0) is 26.3. The highest BCUT2D eigenvalue weighted by Crippen LogP contribution is 2.43. The Balaban J connectivity index is 2.53. The van der Waals surface area contributed by atoms with Crippen LogP contribution in [0.2, 0.25) is 0 Å². The molecule has 2 heteroatoms. The minimum absolute atomic E-state index is 0.0282. The van der Waals surface area contributed by atoms with Crippen molar-refractivity contribution in [3.8, 4) is 11.5 Å². The fourth-order valence-corrected chi connectivity index (χ4v) is 5.68. The Morgan fingerprint density at radius 3 is 1.33 bits per heavy atom. The van der Waals surface area contributed by atoms with Gasteiger partial charge < -0.3 is 10.2 Å². The van der Waals surface area contributed by atoms with Gasteiger partial charge in [-0.05, 0) is 54.4 Å². The van der Waals surface area contributed by atoms with Crippen LogP contribution in [0.25, 0.3) is 0 Å². The summed E-state index contributed by atoms with van der Waals surface area (Å²) in [6, 6.07) is 8.92. The summed E-state index contributed by atoms with van der Waals surface area (Å²) in [5.74, 6) is 0.949. The molecule has 0 aromatic heterocycles. The van der Waals surface area contributed by atoms with Crippen LogP contribution in [-0.2, 0) is 25.7 Å². The van der Waals surface area contributed by atoms with E-state index in [-0.39, 0.29) is 5.92 Å². The summed E-state index contributed by atoms with van der Waals surface area (Å²) < 4.78 is 0. The van der Waals surface area contributed by atoms with Gasteiger partial charge in [-0.15, -0.1) is 0 Å². The fraction of sp³-hybridized carbons (Fsp3) is 0.647. The topological polar surface area (TPSA) is 40.5 Å². The van der Waals surface area contributed by atoms with Crippen molar-refractivity contribution < 1.29 is 10.2 Å². The normalized spacial score (nSPS) is 11.5. The van der Waals surface area contributed by atoms with Gasteiger partial charge in [0.2, 0.25) is 0 Å². The number of unbranched alkanes of at least 4 members (excludes halogenated alkanes) is 6. The third-order valence-corrected chi connectivity index (χ3v) is 7.52. The SMILES string of the molecule is CCCCCCCCCC(c1cc(CCC)cc(CCC)c1O)c1cc(CCC)cc(CCC)c1O. The molecule has 0 unspecified atom stereocenters. The summed E-state index contributed by atoms with van der Waals surface area (Å²) in [5, 5.41) is 23.0. The lowest BCUT2D eigenvalue weighted by Gasteiger charge is -2.25. The third-order valence-electron chi connectivity index (χ3n) is 7.52. The predicted molar refractivity (Wildman–Crippen MR) is 157 cm³/mol. The first-order valence-corrected chi connectivity index (χ1v) is 15.2. The number of phenolic OH excluding ortho intramolecular Hbond substituents is 2. The fourth-order valence-electron chi connectivity index (χ4n) is 5.68. The van der Waals surface area contributed by atoms with Crippen molar-refractivity contribution in [1.29, 1.82) is 0 Å². The number of aromatic hydroxyl groups is 2. The van der Waals surface area contributed by atoms with Gasteiger partial charge in [0.05, 0.1) is 0 Å². The highest BCUT2D eigenvalue weighted by Gasteiger charge is 2.25. The Hall–Kier alpha value is -1.96. The Morgan fingerprint density at radius 2 is 0.917 bits per heavy atom. The van der Waals surface area contributed by atoms with Crippen LogP contribution in [0.4, 0.5) is 0 Å². The van der Waals surface area contributed by atoms with E-state index in [0.717, 1.165) is 86.5 Å². The zero-order valence-corrected chi connectivity index (χ0v) is 24.1. The first-order valence-electron chi connectivity index (χ1n) is 15.2. The lowest BCUT2D eigenvalue weighted by Crippen LogP contribution is -2.07.